The first kappa shape index (κ1) is 16.4. The predicted octanol–water partition coefficient (Wildman–Crippen LogP) is 3.69. The normalized spacial score (nSPS) is 18.8. The van der Waals surface area contributed by atoms with Gasteiger partial charge in [-0.2, -0.15) is 0 Å². The molecule has 24 heavy (non-hydrogen) atoms. The Labute approximate surface area is 142 Å². The van der Waals surface area contributed by atoms with Gasteiger partial charge >= 0.3 is 6.09 Å². The van der Waals surface area contributed by atoms with Crippen molar-refractivity contribution in [1.82, 2.24) is 5.32 Å². The van der Waals surface area contributed by atoms with Crippen molar-refractivity contribution in [1.29, 1.82) is 0 Å². The summed E-state index contributed by atoms with van der Waals surface area (Å²) >= 11 is 0. The number of rotatable bonds is 5. The van der Waals surface area contributed by atoms with Gasteiger partial charge in [-0.05, 0) is 48.6 Å². The second-order valence-electron chi connectivity index (χ2n) is 6.03. The lowest BCUT2D eigenvalue weighted by atomic mass is 9.91. The minimum Gasteiger partial charge on any atom is -0.497 e. The second-order valence-corrected chi connectivity index (χ2v) is 6.03. The molecule has 2 atom stereocenters. The third-order valence-electron chi connectivity index (χ3n) is 4.57. The van der Waals surface area contributed by atoms with Crippen LogP contribution in [0.2, 0.25) is 0 Å². The minimum atomic E-state index is -0.338. The van der Waals surface area contributed by atoms with Crippen LogP contribution in [-0.2, 0) is 17.6 Å². The minimum absolute atomic E-state index is 0.0588. The largest absolute Gasteiger partial charge is 0.497 e. The van der Waals surface area contributed by atoms with Crippen molar-refractivity contribution < 1.29 is 14.3 Å². The van der Waals surface area contributed by atoms with Crippen LogP contribution in [0.25, 0.3) is 0 Å². The molecule has 0 aromatic heterocycles. The molecule has 3 rings (SSSR count). The van der Waals surface area contributed by atoms with Crippen molar-refractivity contribution >= 4 is 6.09 Å². The second kappa shape index (κ2) is 7.39. The van der Waals surface area contributed by atoms with Crippen LogP contribution >= 0.6 is 0 Å². The van der Waals surface area contributed by atoms with Crippen LogP contribution < -0.4 is 10.1 Å². The molecule has 1 N–H and O–H groups in total. The molecule has 0 bridgehead atoms. The van der Waals surface area contributed by atoms with Crippen molar-refractivity contribution in [2.24, 2.45) is 0 Å². The fourth-order valence-corrected chi connectivity index (χ4v) is 3.42. The predicted molar refractivity (Wildman–Crippen MR) is 93.5 cm³/mol. The Kier molecular flexibility index (Phi) is 5.04. The summed E-state index contributed by atoms with van der Waals surface area (Å²) < 4.78 is 10.3. The number of nitrogens with one attached hydrogen (secondary N) is 1. The first-order chi connectivity index (χ1) is 11.7. The molecule has 1 amide bonds. The molecular formula is C20H23NO3. The molecule has 1 aliphatic carbocycles. The zero-order valence-corrected chi connectivity index (χ0v) is 14.1. The molecular weight excluding hydrogens is 302 g/mol. The van der Waals surface area contributed by atoms with Crippen LogP contribution in [0.15, 0.2) is 48.5 Å². The van der Waals surface area contributed by atoms with Gasteiger partial charge in [-0.15, -0.1) is 0 Å². The van der Waals surface area contributed by atoms with Crippen LogP contribution in [0, 0.1) is 0 Å². The summed E-state index contributed by atoms with van der Waals surface area (Å²) in [4.78, 5) is 11.9. The SMILES string of the molecule is CCOC(=O)N[C@@H]1Cc2ccccc2[C@@H]1Cc1ccc(OC)cc1. The quantitative estimate of drug-likeness (QED) is 0.912. The van der Waals surface area contributed by atoms with Gasteiger partial charge in [-0.25, -0.2) is 4.79 Å². The Morgan fingerprint density at radius 2 is 1.92 bits per heavy atom. The zero-order chi connectivity index (χ0) is 16.9. The molecule has 4 nitrogen and oxygen atoms in total. The molecule has 0 fully saturated rings. The molecule has 0 unspecified atom stereocenters. The Balaban J connectivity index is 1.80. The van der Waals surface area contributed by atoms with E-state index < -0.39 is 0 Å². The van der Waals surface area contributed by atoms with Crippen LogP contribution in [0.1, 0.15) is 29.5 Å². The lowest BCUT2D eigenvalue weighted by Crippen LogP contribution is -2.38. The van der Waals surface area contributed by atoms with Crippen LogP contribution in [-0.4, -0.2) is 25.9 Å². The topological polar surface area (TPSA) is 47.6 Å². The Bertz CT molecular complexity index is 696. The van der Waals surface area contributed by atoms with Crippen molar-refractivity contribution in [3.8, 4) is 5.75 Å². The van der Waals surface area contributed by atoms with Crippen molar-refractivity contribution in [2.45, 2.75) is 31.7 Å². The van der Waals surface area contributed by atoms with E-state index in [9.17, 15) is 4.79 Å². The maximum Gasteiger partial charge on any atom is 0.407 e. The van der Waals surface area contributed by atoms with Crippen molar-refractivity contribution in [3.63, 3.8) is 0 Å². The van der Waals surface area contributed by atoms with Gasteiger partial charge in [-0.3, -0.25) is 0 Å². The summed E-state index contributed by atoms with van der Waals surface area (Å²) in [6, 6.07) is 16.6. The number of methoxy groups -OCH3 is 1. The van der Waals surface area contributed by atoms with Gasteiger partial charge in [0.15, 0.2) is 0 Å². The van der Waals surface area contributed by atoms with E-state index in [0.717, 1.165) is 18.6 Å². The molecule has 0 aliphatic heterocycles. The first-order valence-electron chi connectivity index (χ1n) is 8.35. The standard InChI is InChI=1S/C20H23NO3/c1-3-24-20(22)21-19-13-15-6-4-5-7-17(15)18(19)12-14-8-10-16(23-2)11-9-14/h4-11,18-19H,3,12-13H2,1-2H3,(H,21,22)/t18-,19+/m0/s1. The third kappa shape index (κ3) is 3.53. The number of carbonyl (C=O) groups excluding carboxylic acids is 1. The number of carbonyl (C=O) groups is 1. The average Bonchev–Trinajstić information content (AvgIpc) is 2.93. The molecule has 2 aromatic carbocycles. The van der Waals surface area contributed by atoms with Crippen LogP contribution in [0.3, 0.4) is 0 Å². The van der Waals surface area contributed by atoms with E-state index in [0.29, 0.717) is 6.61 Å². The lowest BCUT2D eigenvalue weighted by molar-refractivity contribution is 0.147. The number of alkyl carbamates (subject to hydrolysis) is 1. The van der Waals surface area contributed by atoms with Gasteiger partial charge in [0.2, 0.25) is 0 Å². The summed E-state index contributed by atoms with van der Waals surface area (Å²) in [5.74, 6) is 1.10. The van der Waals surface area contributed by atoms with Gasteiger partial charge < -0.3 is 14.8 Å². The van der Waals surface area contributed by atoms with E-state index in [1.165, 1.54) is 16.7 Å². The number of fused-ring (bicyclic) bond motifs is 1. The lowest BCUT2D eigenvalue weighted by Gasteiger charge is -2.22. The smallest absolute Gasteiger partial charge is 0.407 e. The van der Waals surface area contributed by atoms with Crippen molar-refractivity contribution in [3.05, 3.63) is 65.2 Å². The first-order valence-corrected chi connectivity index (χ1v) is 8.35. The molecule has 0 saturated heterocycles. The summed E-state index contributed by atoms with van der Waals surface area (Å²) in [5, 5.41) is 3.03. The van der Waals surface area contributed by atoms with Crippen molar-refractivity contribution in [2.75, 3.05) is 13.7 Å². The highest BCUT2D eigenvalue weighted by Gasteiger charge is 2.33. The molecule has 0 heterocycles. The number of amides is 1. The Hall–Kier alpha value is -2.49. The van der Waals surface area contributed by atoms with E-state index in [4.69, 9.17) is 9.47 Å². The zero-order valence-electron chi connectivity index (χ0n) is 14.1. The van der Waals surface area contributed by atoms with E-state index in [1.807, 2.05) is 19.1 Å². The van der Waals surface area contributed by atoms with Gasteiger partial charge in [0, 0.05) is 12.0 Å². The average molecular weight is 325 g/mol. The molecule has 4 heteroatoms. The summed E-state index contributed by atoms with van der Waals surface area (Å²) in [6.07, 6.45) is 1.38. The summed E-state index contributed by atoms with van der Waals surface area (Å²) in [7, 11) is 1.67. The highest BCUT2D eigenvalue weighted by molar-refractivity contribution is 5.68. The van der Waals surface area contributed by atoms with Crippen LogP contribution in [0.4, 0.5) is 4.79 Å². The van der Waals surface area contributed by atoms with E-state index in [1.54, 1.807) is 7.11 Å². The maximum absolute atomic E-state index is 11.9. The number of ether oxygens (including phenoxy) is 2. The van der Waals surface area contributed by atoms with Gasteiger partial charge in [-0.1, -0.05) is 36.4 Å². The van der Waals surface area contributed by atoms with E-state index >= 15 is 0 Å². The monoisotopic (exact) mass is 325 g/mol. The maximum atomic E-state index is 11.9. The fraction of sp³-hybridized carbons (Fsp3) is 0.350. The number of hydrogen-bond acceptors (Lipinski definition) is 3. The molecule has 0 spiro atoms. The summed E-state index contributed by atoms with van der Waals surface area (Å²) in [6.45, 7) is 2.20. The van der Waals surface area contributed by atoms with Gasteiger partial charge in [0.1, 0.15) is 5.75 Å². The number of benzene rings is 2. The highest BCUT2D eigenvalue weighted by Crippen LogP contribution is 2.36. The van der Waals surface area contributed by atoms with E-state index in [2.05, 4.69) is 41.7 Å². The van der Waals surface area contributed by atoms with Gasteiger partial charge in [0.05, 0.1) is 13.7 Å². The summed E-state index contributed by atoms with van der Waals surface area (Å²) in [5.41, 5.74) is 3.85. The molecule has 2 aromatic rings. The Morgan fingerprint density at radius 1 is 1.17 bits per heavy atom. The fourth-order valence-electron chi connectivity index (χ4n) is 3.42. The highest BCUT2D eigenvalue weighted by atomic mass is 16.5. The van der Waals surface area contributed by atoms with Crippen LogP contribution in [0.5, 0.6) is 5.75 Å². The molecule has 0 radical (unpaired) electrons. The third-order valence-corrected chi connectivity index (χ3v) is 4.57. The number of hydrogen-bond donors (Lipinski definition) is 1. The van der Waals surface area contributed by atoms with E-state index in [-0.39, 0.29) is 18.1 Å². The molecule has 0 saturated carbocycles. The molecule has 126 valence electrons. The Morgan fingerprint density at radius 3 is 2.62 bits per heavy atom. The molecule has 1 aliphatic rings. The van der Waals surface area contributed by atoms with Gasteiger partial charge in [0.25, 0.3) is 0 Å².